The minimum absolute atomic E-state index is 0.0543. The molecule has 1 saturated carbocycles. The van der Waals surface area contributed by atoms with Crippen LogP contribution in [-0.2, 0) is 20.9 Å². The minimum Gasteiger partial charge on any atom is -0.378 e. The van der Waals surface area contributed by atoms with Crippen LogP contribution >= 0.6 is 11.8 Å². The van der Waals surface area contributed by atoms with Crippen molar-refractivity contribution in [1.29, 1.82) is 0 Å². The summed E-state index contributed by atoms with van der Waals surface area (Å²) >= 11 is 1.51. The smallest absolute Gasteiger partial charge is 0.327 e. The quantitative estimate of drug-likeness (QED) is 0.642. The molecule has 1 aliphatic carbocycles. The number of nitrogens with zero attached hydrogens (tertiary/aromatic N) is 3. The first kappa shape index (κ1) is 23.4. The summed E-state index contributed by atoms with van der Waals surface area (Å²) in [5.74, 6) is 0.474. The normalized spacial score (nSPS) is 29.5. The second-order valence-electron chi connectivity index (χ2n) is 9.82. The van der Waals surface area contributed by atoms with Crippen molar-refractivity contribution in [3.05, 3.63) is 46.9 Å². The van der Waals surface area contributed by atoms with Crippen LogP contribution in [0.25, 0.3) is 0 Å². The molecule has 4 amide bonds. The number of urea groups is 1. The van der Waals surface area contributed by atoms with E-state index < -0.39 is 0 Å². The molecule has 5 rings (SSSR count). The lowest BCUT2D eigenvalue weighted by molar-refractivity contribution is -0.141. The SMILES string of the molecule is Cc1ccccc1CN1C(=O)N(CC2CCC(C(=O)N3CCOCC3)CC2)C(=O)C2SC=CC21. The number of hydrogen-bond donors (Lipinski definition) is 0. The van der Waals surface area contributed by atoms with E-state index in [9.17, 15) is 14.4 Å². The summed E-state index contributed by atoms with van der Waals surface area (Å²) in [6.07, 6.45) is 5.38. The standard InChI is InChI=1S/C26H33N3O4S/c1-18-4-2-3-5-21(18)17-28-22-10-15-34-23(22)25(31)29(26(28)32)16-19-6-8-20(9-7-19)24(30)27-11-13-33-14-12-27/h2-5,10,15,19-20,22-23H,6-9,11-14,16-17H2,1H3. The third-order valence-electron chi connectivity index (χ3n) is 7.72. The summed E-state index contributed by atoms with van der Waals surface area (Å²) in [4.78, 5) is 45.0. The Hall–Kier alpha value is -2.32. The number of benzene rings is 1. The van der Waals surface area contributed by atoms with Gasteiger partial charge in [0, 0.05) is 32.1 Å². The molecule has 0 spiro atoms. The Kier molecular flexibility index (Phi) is 6.97. The number of thioether (sulfide) groups is 1. The van der Waals surface area contributed by atoms with Crippen molar-refractivity contribution >= 4 is 29.6 Å². The summed E-state index contributed by atoms with van der Waals surface area (Å²) in [5, 5.41) is 1.69. The van der Waals surface area contributed by atoms with E-state index in [1.165, 1.54) is 16.7 Å². The van der Waals surface area contributed by atoms with Crippen LogP contribution in [0.4, 0.5) is 4.79 Å². The van der Waals surface area contributed by atoms with E-state index >= 15 is 0 Å². The Morgan fingerprint density at radius 1 is 1.09 bits per heavy atom. The van der Waals surface area contributed by atoms with Gasteiger partial charge in [0.25, 0.3) is 0 Å². The maximum atomic E-state index is 13.6. The molecule has 0 N–H and O–H groups in total. The summed E-state index contributed by atoms with van der Waals surface area (Å²) < 4.78 is 5.37. The van der Waals surface area contributed by atoms with Gasteiger partial charge < -0.3 is 14.5 Å². The number of rotatable bonds is 5. The largest absolute Gasteiger partial charge is 0.378 e. The van der Waals surface area contributed by atoms with Gasteiger partial charge in [-0.15, -0.1) is 11.8 Å². The number of carbonyl (C=O) groups excluding carboxylic acids is 3. The summed E-state index contributed by atoms with van der Waals surface area (Å²) in [6, 6.07) is 7.72. The molecule has 34 heavy (non-hydrogen) atoms. The summed E-state index contributed by atoms with van der Waals surface area (Å²) in [5.41, 5.74) is 2.25. The molecule has 4 aliphatic rings. The Morgan fingerprint density at radius 3 is 2.56 bits per heavy atom. The third kappa shape index (κ3) is 4.62. The second kappa shape index (κ2) is 10.1. The minimum atomic E-state index is -0.263. The van der Waals surface area contributed by atoms with Crippen LogP contribution in [0.5, 0.6) is 0 Å². The predicted molar refractivity (Wildman–Crippen MR) is 131 cm³/mol. The average Bonchev–Trinajstić information content (AvgIpc) is 3.36. The zero-order chi connectivity index (χ0) is 23.7. The van der Waals surface area contributed by atoms with Crippen LogP contribution in [0.3, 0.4) is 0 Å². The molecule has 1 aromatic rings. The number of aryl methyl sites for hydroxylation is 1. The van der Waals surface area contributed by atoms with Gasteiger partial charge in [0.2, 0.25) is 11.8 Å². The number of amides is 4. The Balaban J connectivity index is 1.23. The number of morpholine rings is 1. The molecule has 2 saturated heterocycles. The predicted octanol–water partition coefficient (Wildman–Crippen LogP) is 3.42. The van der Waals surface area contributed by atoms with Gasteiger partial charge in [-0.2, -0.15) is 0 Å². The van der Waals surface area contributed by atoms with Crippen molar-refractivity contribution < 1.29 is 19.1 Å². The van der Waals surface area contributed by atoms with Crippen LogP contribution in [0, 0.1) is 18.8 Å². The van der Waals surface area contributed by atoms with Crippen molar-refractivity contribution in [2.45, 2.75) is 50.4 Å². The van der Waals surface area contributed by atoms with E-state index in [0.717, 1.165) is 36.8 Å². The molecule has 7 nitrogen and oxygen atoms in total. The fourth-order valence-electron chi connectivity index (χ4n) is 5.60. The first-order valence-electron chi connectivity index (χ1n) is 12.4. The van der Waals surface area contributed by atoms with Gasteiger partial charge in [-0.3, -0.25) is 14.5 Å². The van der Waals surface area contributed by atoms with Gasteiger partial charge in [0.1, 0.15) is 5.25 Å². The van der Waals surface area contributed by atoms with E-state index in [0.29, 0.717) is 39.4 Å². The van der Waals surface area contributed by atoms with Crippen molar-refractivity contribution in [3.63, 3.8) is 0 Å². The molecule has 0 aromatic heterocycles. The molecule has 3 fully saturated rings. The molecular formula is C26H33N3O4S. The van der Waals surface area contributed by atoms with Gasteiger partial charge in [-0.25, -0.2) is 4.79 Å². The van der Waals surface area contributed by atoms with Crippen molar-refractivity contribution in [2.24, 2.45) is 11.8 Å². The van der Waals surface area contributed by atoms with Gasteiger partial charge in [-0.05, 0) is 55.1 Å². The van der Waals surface area contributed by atoms with Gasteiger partial charge in [-0.1, -0.05) is 30.3 Å². The number of ether oxygens (including phenoxy) is 1. The topological polar surface area (TPSA) is 70.2 Å². The van der Waals surface area contributed by atoms with Crippen molar-refractivity contribution in [3.8, 4) is 0 Å². The fraction of sp³-hybridized carbons (Fsp3) is 0.577. The van der Waals surface area contributed by atoms with E-state index in [4.69, 9.17) is 4.74 Å². The van der Waals surface area contributed by atoms with Crippen LogP contribution in [0.15, 0.2) is 35.7 Å². The maximum absolute atomic E-state index is 13.6. The zero-order valence-electron chi connectivity index (χ0n) is 19.7. The van der Waals surface area contributed by atoms with E-state index in [-0.39, 0.29) is 41.0 Å². The van der Waals surface area contributed by atoms with Crippen LogP contribution in [-0.4, -0.2) is 76.7 Å². The number of carbonyl (C=O) groups is 3. The highest BCUT2D eigenvalue weighted by Gasteiger charge is 2.48. The third-order valence-corrected chi connectivity index (χ3v) is 8.81. The van der Waals surface area contributed by atoms with Gasteiger partial charge in [0.15, 0.2) is 0 Å². The molecule has 2 atom stereocenters. The molecule has 2 unspecified atom stereocenters. The lowest BCUT2D eigenvalue weighted by atomic mass is 9.81. The van der Waals surface area contributed by atoms with Crippen LogP contribution < -0.4 is 0 Å². The van der Waals surface area contributed by atoms with Crippen LogP contribution in [0.2, 0.25) is 0 Å². The Bertz CT molecular complexity index is 969. The number of fused-ring (bicyclic) bond motifs is 1. The molecule has 182 valence electrons. The zero-order valence-corrected chi connectivity index (χ0v) is 20.5. The molecule has 8 heteroatoms. The maximum Gasteiger partial charge on any atom is 0.327 e. The highest BCUT2D eigenvalue weighted by molar-refractivity contribution is 8.03. The van der Waals surface area contributed by atoms with Crippen molar-refractivity contribution in [2.75, 3.05) is 32.8 Å². The Labute approximate surface area is 205 Å². The molecular weight excluding hydrogens is 450 g/mol. The number of hydrogen-bond acceptors (Lipinski definition) is 5. The fourth-order valence-corrected chi connectivity index (χ4v) is 6.66. The lowest BCUT2D eigenvalue weighted by Gasteiger charge is -2.43. The van der Waals surface area contributed by atoms with Gasteiger partial charge in [0.05, 0.1) is 19.3 Å². The highest BCUT2D eigenvalue weighted by atomic mass is 32.2. The first-order chi connectivity index (χ1) is 16.5. The van der Waals surface area contributed by atoms with E-state index in [1.807, 2.05) is 33.4 Å². The van der Waals surface area contributed by atoms with Gasteiger partial charge >= 0.3 is 6.03 Å². The Morgan fingerprint density at radius 2 is 1.82 bits per heavy atom. The second-order valence-corrected chi connectivity index (χ2v) is 10.9. The molecule has 1 aromatic carbocycles. The monoisotopic (exact) mass is 483 g/mol. The highest BCUT2D eigenvalue weighted by Crippen LogP contribution is 2.37. The van der Waals surface area contributed by atoms with E-state index in [2.05, 4.69) is 19.1 Å². The first-order valence-corrected chi connectivity index (χ1v) is 13.3. The van der Waals surface area contributed by atoms with Crippen LogP contribution in [0.1, 0.15) is 36.8 Å². The lowest BCUT2D eigenvalue weighted by Crippen LogP contribution is -2.62. The number of imide groups is 1. The molecule has 0 bridgehead atoms. The molecule has 0 radical (unpaired) electrons. The summed E-state index contributed by atoms with van der Waals surface area (Å²) in [7, 11) is 0. The molecule has 3 heterocycles. The van der Waals surface area contributed by atoms with E-state index in [1.54, 1.807) is 0 Å². The van der Waals surface area contributed by atoms with Crippen molar-refractivity contribution in [1.82, 2.24) is 14.7 Å². The molecule has 3 aliphatic heterocycles. The average molecular weight is 484 g/mol. The summed E-state index contributed by atoms with van der Waals surface area (Å²) in [6.45, 7) is 5.61.